The zero-order valence-electron chi connectivity index (χ0n) is 20.5. The van der Waals surface area contributed by atoms with Gasteiger partial charge < -0.3 is 20.3 Å². The maximum absolute atomic E-state index is 15.5. The smallest absolute Gasteiger partial charge is 0.274 e. The molecular weight excluding hydrogens is 478 g/mol. The van der Waals surface area contributed by atoms with Gasteiger partial charge >= 0.3 is 0 Å². The topological polar surface area (TPSA) is 100 Å². The Labute approximate surface area is 213 Å². The van der Waals surface area contributed by atoms with Gasteiger partial charge in [-0.05, 0) is 55.7 Å². The van der Waals surface area contributed by atoms with Gasteiger partial charge in [0.25, 0.3) is 5.91 Å². The number of ether oxygens (including phenoxy) is 1. The number of likely N-dealkylation sites (tertiary alicyclic amines) is 1. The normalized spacial score (nSPS) is 19.8. The van der Waals surface area contributed by atoms with Gasteiger partial charge in [0.05, 0.1) is 17.4 Å². The highest BCUT2D eigenvalue weighted by Gasteiger charge is 2.27. The summed E-state index contributed by atoms with van der Waals surface area (Å²) in [5.74, 6) is -1.56. The zero-order chi connectivity index (χ0) is 26.1. The van der Waals surface area contributed by atoms with Gasteiger partial charge in [0.15, 0.2) is 11.5 Å². The van der Waals surface area contributed by atoms with E-state index in [0.29, 0.717) is 30.9 Å². The number of rotatable bonds is 5. The first kappa shape index (κ1) is 24.9. The standard InChI is InChI=1S/C27H28F2N6O2/c1-37-21-8-10-33(16-21)20-6-7-25(23(29)12-20)35-26(17-4-5-18(14-30)22(28)11-17)13-24(32-35)27(36)34-9-2-3-19(31)15-34/h4-7,11-13,19,21H,2-3,8-10,15-16,31H2,1H3/t19-,21+/m1/s1. The van der Waals surface area contributed by atoms with Crippen LogP contribution in [0.15, 0.2) is 42.5 Å². The highest BCUT2D eigenvalue weighted by molar-refractivity contribution is 5.93. The van der Waals surface area contributed by atoms with Crippen molar-refractivity contribution in [1.82, 2.24) is 14.7 Å². The molecule has 2 aliphatic heterocycles. The number of amides is 1. The molecule has 0 aliphatic carbocycles. The van der Waals surface area contributed by atoms with Crippen LogP contribution in [-0.2, 0) is 4.74 Å². The monoisotopic (exact) mass is 506 g/mol. The van der Waals surface area contributed by atoms with E-state index < -0.39 is 11.6 Å². The SMILES string of the molecule is CO[C@H]1CCN(c2ccc(-n3nc(C(=O)N4CCC[C@@H](N)C4)cc3-c3ccc(C#N)c(F)c3)c(F)c2)C1. The number of carbonyl (C=O) groups excluding carboxylic acids is 1. The Hall–Kier alpha value is -3.81. The van der Waals surface area contributed by atoms with Crippen molar-refractivity contribution in [3.05, 3.63) is 65.4 Å². The van der Waals surface area contributed by atoms with Crippen LogP contribution in [-0.4, -0.2) is 66.0 Å². The van der Waals surface area contributed by atoms with Crippen LogP contribution in [0.2, 0.25) is 0 Å². The summed E-state index contributed by atoms with van der Waals surface area (Å²) < 4.78 is 36.8. The second-order valence-electron chi connectivity index (χ2n) is 9.51. The molecule has 1 amide bonds. The first-order valence-electron chi connectivity index (χ1n) is 12.3. The van der Waals surface area contributed by atoms with E-state index >= 15 is 4.39 Å². The molecule has 192 valence electrons. The molecule has 5 rings (SSSR count). The Morgan fingerprint density at radius 1 is 1.11 bits per heavy atom. The molecule has 2 aliphatic rings. The van der Waals surface area contributed by atoms with Crippen molar-refractivity contribution in [2.45, 2.75) is 31.4 Å². The summed E-state index contributed by atoms with van der Waals surface area (Å²) in [6, 6.07) is 12.2. The van der Waals surface area contributed by atoms with Gasteiger partial charge in [0, 0.05) is 50.6 Å². The van der Waals surface area contributed by atoms with E-state index in [1.54, 1.807) is 36.3 Å². The summed E-state index contributed by atoms with van der Waals surface area (Å²) in [5.41, 5.74) is 7.60. The summed E-state index contributed by atoms with van der Waals surface area (Å²) in [6.07, 6.45) is 2.59. The van der Waals surface area contributed by atoms with Gasteiger partial charge in [-0.1, -0.05) is 6.07 Å². The Morgan fingerprint density at radius 2 is 1.95 bits per heavy atom. The van der Waals surface area contributed by atoms with E-state index in [4.69, 9.17) is 15.7 Å². The largest absolute Gasteiger partial charge is 0.380 e. The molecular formula is C27H28F2N6O2. The van der Waals surface area contributed by atoms with Gasteiger partial charge in [-0.25, -0.2) is 13.5 Å². The van der Waals surface area contributed by atoms with Crippen LogP contribution < -0.4 is 10.6 Å². The maximum atomic E-state index is 15.5. The van der Waals surface area contributed by atoms with E-state index in [1.807, 2.05) is 0 Å². The van der Waals surface area contributed by atoms with E-state index in [9.17, 15) is 9.18 Å². The van der Waals surface area contributed by atoms with E-state index in [0.717, 1.165) is 31.5 Å². The summed E-state index contributed by atoms with van der Waals surface area (Å²) in [6.45, 7) is 2.39. The number of methoxy groups -OCH3 is 1. The third-order valence-corrected chi connectivity index (χ3v) is 7.06. The van der Waals surface area contributed by atoms with Crippen molar-refractivity contribution in [2.24, 2.45) is 5.73 Å². The number of hydrogen-bond donors (Lipinski definition) is 1. The van der Waals surface area contributed by atoms with Crippen molar-refractivity contribution >= 4 is 11.6 Å². The molecule has 3 aromatic rings. The third kappa shape index (κ3) is 4.92. The minimum absolute atomic E-state index is 0.100. The van der Waals surface area contributed by atoms with Crippen LogP contribution in [0.1, 0.15) is 35.3 Å². The van der Waals surface area contributed by atoms with Gasteiger partial charge in [-0.3, -0.25) is 4.79 Å². The van der Waals surface area contributed by atoms with Gasteiger partial charge in [-0.15, -0.1) is 0 Å². The first-order chi connectivity index (χ1) is 17.9. The van der Waals surface area contributed by atoms with Crippen LogP contribution in [0.3, 0.4) is 0 Å². The molecule has 0 spiro atoms. The lowest BCUT2D eigenvalue weighted by Gasteiger charge is -2.30. The third-order valence-electron chi connectivity index (χ3n) is 7.06. The molecule has 0 bridgehead atoms. The summed E-state index contributed by atoms with van der Waals surface area (Å²) in [7, 11) is 1.67. The molecule has 8 nitrogen and oxygen atoms in total. The number of halogens is 2. The first-order valence-corrected chi connectivity index (χ1v) is 12.3. The van der Waals surface area contributed by atoms with Crippen molar-refractivity contribution in [3.63, 3.8) is 0 Å². The summed E-state index contributed by atoms with van der Waals surface area (Å²) in [4.78, 5) is 17.0. The van der Waals surface area contributed by atoms with Crippen molar-refractivity contribution < 1.29 is 18.3 Å². The predicted octanol–water partition coefficient (Wildman–Crippen LogP) is 3.48. The number of aromatic nitrogens is 2. The molecule has 0 saturated carbocycles. The number of nitrogens with zero attached hydrogens (tertiary/aromatic N) is 5. The Bertz CT molecular complexity index is 1370. The second kappa shape index (κ2) is 10.3. The molecule has 1 aromatic heterocycles. The summed E-state index contributed by atoms with van der Waals surface area (Å²) >= 11 is 0. The highest BCUT2D eigenvalue weighted by atomic mass is 19.1. The number of piperidine rings is 1. The van der Waals surface area contributed by atoms with E-state index in [2.05, 4.69) is 10.00 Å². The van der Waals surface area contributed by atoms with Crippen molar-refractivity contribution in [1.29, 1.82) is 5.26 Å². The van der Waals surface area contributed by atoms with Crippen LogP contribution in [0.4, 0.5) is 14.5 Å². The minimum atomic E-state index is -0.708. The van der Waals surface area contributed by atoms with Crippen LogP contribution >= 0.6 is 0 Å². The van der Waals surface area contributed by atoms with Crippen LogP contribution in [0.25, 0.3) is 16.9 Å². The Balaban J connectivity index is 1.55. The molecule has 0 radical (unpaired) electrons. The second-order valence-corrected chi connectivity index (χ2v) is 9.51. The van der Waals surface area contributed by atoms with E-state index in [1.165, 1.54) is 28.9 Å². The maximum Gasteiger partial charge on any atom is 0.274 e. The van der Waals surface area contributed by atoms with Crippen LogP contribution in [0.5, 0.6) is 0 Å². The molecule has 37 heavy (non-hydrogen) atoms. The molecule has 3 heterocycles. The predicted molar refractivity (Wildman–Crippen MR) is 134 cm³/mol. The lowest BCUT2D eigenvalue weighted by molar-refractivity contribution is 0.0702. The molecule has 0 unspecified atom stereocenters. The fourth-order valence-corrected chi connectivity index (χ4v) is 5.02. The Morgan fingerprint density at radius 3 is 2.62 bits per heavy atom. The number of anilines is 1. The number of carbonyl (C=O) groups is 1. The van der Waals surface area contributed by atoms with Crippen molar-refractivity contribution in [3.8, 4) is 23.0 Å². The van der Waals surface area contributed by atoms with Gasteiger partial charge in [0.1, 0.15) is 17.6 Å². The van der Waals surface area contributed by atoms with Crippen LogP contribution in [0, 0.1) is 23.0 Å². The number of hydrogen-bond acceptors (Lipinski definition) is 6. The summed E-state index contributed by atoms with van der Waals surface area (Å²) in [5, 5.41) is 13.6. The fourth-order valence-electron chi connectivity index (χ4n) is 5.02. The lowest BCUT2D eigenvalue weighted by Crippen LogP contribution is -2.45. The van der Waals surface area contributed by atoms with Gasteiger partial charge in [0.2, 0.25) is 0 Å². The Kier molecular flexibility index (Phi) is 6.91. The lowest BCUT2D eigenvalue weighted by atomic mass is 10.1. The molecule has 2 fully saturated rings. The quantitative estimate of drug-likeness (QED) is 0.569. The highest BCUT2D eigenvalue weighted by Crippen LogP contribution is 2.30. The molecule has 10 heteroatoms. The average molecular weight is 507 g/mol. The molecule has 2 atom stereocenters. The number of nitriles is 1. The number of nitrogens with two attached hydrogens (primary N) is 1. The molecule has 2 saturated heterocycles. The number of benzene rings is 2. The average Bonchev–Trinajstić information content (AvgIpc) is 3.56. The zero-order valence-corrected chi connectivity index (χ0v) is 20.5. The molecule has 2 aromatic carbocycles. The minimum Gasteiger partial charge on any atom is -0.380 e. The van der Waals surface area contributed by atoms with Gasteiger partial charge in [-0.2, -0.15) is 10.4 Å². The fraction of sp³-hybridized carbons (Fsp3) is 0.370. The van der Waals surface area contributed by atoms with Crippen molar-refractivity contribution in [2.75, 3.05) is 38.2 Å². The molecule has 2 N–H and O–H groups in total. The van der Waals surface area contributed by atoms with E-state index in [-0.39, 0.29) is 35.0 Å².